The summed E-state index contributed by atoms with van der Waals surface area (Å²) in [6, 6.07) is 6.35. The number of amides is 1. The number of carbonyl (C=O) groups excluding carboxylic acids is 1. The first-order valence-corrected chi connectivity index (χ1v) is 5.65. The lowest BCUT2D eigenvalue weighted by Crippen LogP contribution is -2.14. The van der Waals surface area contributed by atoms with Gasteiger partial charge in [-0.15, -0.1) is 0 Å². The molecule has 1 aromatic carbocycles. The molecule has 0 saturated carbocycles. The first kappa shape index (κ1) is 13.6. The highest BCUT2D eigenvalue weighted by Gasteiger charge is 2.16. The molecule has 1 amide bonds. The van der Waals surface area contributed by atoms with Crippen molar-refractivity contribution in [3.8, 4) is 0 Å². The lowest BCUT2D eigenvalue weighted by Gasteiger charge is -2.07. The van der Waals surface area contributed by atoms with Crippen LogP contribution in [-0.4, -0.2) is 15.8 Å². The fourth-order valence-electron chi connectivity index (χ4n) is 1.58. The third-order valence-electron chi connectivity index (χ3n) is 2.63. The van der Waals surface area contributed by atoms with E-state index in [0.29, 0.717) is 11.4 Å². The van der Waals surface area contributed by atoms with Crippen molar-refractivity contribution in [3.63, 3.8) is 0 Å². The maximum atomic E-state index is 12.8. The molecule has 1 N–H and O–H groups in total. The van der Waals surface area contributed by atoms with Crippen LogP contribution in [0.1, 0.15) is 16.1 Å². The molecule has 20 heavy (non-hydrogen) atoms. The van der Waals surface area contributed by atoms with E-state index in [1.807, 2.05) is 0 Å². The summed E-state index contributed by atoms with van der Waals surface area (Å²) >= 11 is 0. The largest absolute Gasteiger partial charge is 0.322 e. The summed E-state index contributed by atoms with van der Waals surface area (Å²) in [5, 5.41) is 13.2. The molecule has 6 nitrogen and oxygen atoms in total. The van der Waals surface area contributed by atoms with Gasteiger partial charge in [0.1, 0.15) is 12.0 Å². The maximum Gasteiger partial charge on any atom is 0.288 e. The van der Waals surface area contributed by atoms with Gasteiger partial charge in [0.05, 0.1) is 16.2 Å². The molecule has 0 saturated heterocycles. The number of benzene rings is 1. The molecule has 7 heteroatoms. The van der Waals surface area contributed by atoms with E-state index in [0.717, 1.165) is 12.3 Å². The molecule has 0 spiro atoms. The number of anilines is 1. The van der Waals surface area contributed by atoms with E-state index in [9.17, 15) is 19.3 Å². The van der Waals surface area contributed by atoms with Crippen LogP contribution in [0.15, 0.2) is 36.5 Å². The van der Waals surface area contributed by atoms with E-state index in [1.165, 1.54) is 24.3 Å². The van der Waals surface area contributed by atoms with Gasteiger partial charge in [-0.25, -0.2) is 4.39 Å². The lowest BCUT2D eigenvalue weighted by atomic mass is 10.1. The van der Waals surface area contributed by atoms with E-state index < -0.39 is 16.6 Å². The zero-order valence-corrected chi connectivity index (χ0v) is 10.5. The zero-order chi connectivity index (χ0) is 14.7. The van der Waals surface area contributed by atoms with Crippen LogP contribution < -0.4 is 5.32 Å². The molecule has 0 atom stereocenters. The minimum atomic E-state index is -0.624. The molecule has 2 rings (SSSR count). The van der Waals surface area contributed by atoms with E-state index in [4.69, 9.17) is 0 Å². The third-order valence-corrected chi connectivity index (χ3v) is 2.63. The van der Waals surface area contributed by atoms with Crippen molar-refractivity contribution in [3.05, 3.63) is 63.7 Å². The van der Waals surface area contributed by atoms with E-state index >= 15 is 0 Å². The van der Waals surface area contributed by atoms with Crippen molar-refractivity contribution in [1.82, 2.24) is 4.98 Å². The summed E-state index contributed by atoms with van der Waals surface area (Å²) in [7, 11) is 0. The zero-order valence-electron chi connectivity index (χ0n) is 10.5. The number of nitro groups is 1. The number of pyridine rings is 1. The number of nitrogens with zero attached hydrogens (tertiary/aromatic N) is 2. The van der Waals surface area contributed by atoms with Crippen molar-refractivity contribution in [2.75, 3.05) is 5.32 Å². The van der Waals surface area contributed by atoms with Gasteiger partial charge in [-0.1, -0.05) is 0 Å². The van der Waals surface area contributed by atoms with Crippen LogP contribution in [0.5, 0.6) is 0 Å². The Morgan fingerprint density at radius 3 is 2.60 bits per heavy atom. The second kappa shape index (κ2) is 5.43. The fourth-order valence-corrected chi connectivity index (χ4v) is 1.58. The summed E-state index contributed by atoms with van der Waals surface area (Å²) in [6.07, 6.45) is 1.09. The number of hydrogen-bond acceptors (Lipinski definition) is 4. The van der Waals surface area contributed by atoms with Crippen LogP contribution in [0, 0.1) is 22.9 Å². The van der Waals surface area contributed by atoms with Gasteiger partial charge in [0.25, 0.3) is 11.6 Å². The summed E-state index contributed by atoms with van der Waals surface area (Å²) in [4.78, 5) is 25.9. The smallest absolute Gasteiger partial charge is 0.288 e. The molecule has 1 aromatic heterocycles. The van der Waals surface area contributed by atoms with Crippen LogP contribution in [0.2, 0.25) is 0 Å². The van der Waals surface area contributed by atoms with Gasteiger partial charge in [-0.2, -0.15) is 0 Å². The molecular formula is C13H10FN3O3. The summed E-state index contributed by atoms with van der Waals surface area (Å²) in [5.41, 5.74) is 0.598. The normalized spacial score (nSPS) is 10.1. The molecule has 0 fully saturated rings. The third kappa shape index (κ3) is 2.94. The Balaban J connectivity index is 2.26. The Kier molecular flexibility index (Phi) is 3.69. The number of aryl methyl sites for hydroxylation is 1. The van der Waals surface area contributed by atoms with Gasteiger partial charge in [-0.3, -0.25) is 19.9 Å². The molecule has 0 aliphatic heterocycles. The Bertz CT molecular complexity index is 671. The van der Waals surface area contributed by atoms with Crippen LogP contribution in [0.3, 0.4) is 0 Å². The Morgan fingerprint density at radius 2 is 2.00 bits per heavy atom. The maximum absolute atomic E-state index is 12.8. The van der Waals surface area contributed by atoms with Crippen LogP contribution in [0.4, 0.5) is 15.8 Å². The van der Waals surface area contributed by atoms with E-state index in [-0.39, 0.29) is 11.3 Å². The van der Waals surface area contributed by atoms with Gasteiger partial charge in [-0.05, 0) is 31.2 Å². The van der Waals surface area contributed by atoms with Gasteiger partial charge >= 0.3 is 0 Å². The minimum absolute atomic E-state index is 0.100. The highest BCUT2D eigenvalue weighted by atomic mass is 19.1. The number of hydrogen-bond donors (Lipinski definition) is 1. The lowest BCUT2D eigenvalue weighted by molar-refractivity contribution is -0.385. The fraction of sp³-hybridized carbons (Fsp3) is 0.0769. The predicted octanol–water partition coefficient (Wildman–Crippen LogP) is 2.69. The number of carbonyl (C=O) groups is 1. The van der Waals surface area contributed by atoms with E-state index in [2.05, 4.69) is 10.3 Å². The molecule has 0 unspecified atom stereocenters. The molecule has 0 radical (unpaired) electrons. The molecule has 0 aliphatic carbocycles. The first-order chi connectivity index (χ1) is 9.47. The monoisotopic (exact) mass is 275 g/mol. The second-order valence-electron chi connectivity index (χ2n) is 4.04. The first-order valence-electron chi connectivity index (χ1n) is 5.65. The number of rotatable bonds is 3. The summed E-state index contributed by atoms with van der Waals surface area (Å²) in [6.45, 7) is 1.57. The van der Waals surface area contributed by atoms with Gasteiger partial charge in [0.2, 0.25) is 0 Å². The minimum Gasteiger partial charge on any atom is -0.322 e. The number of nitrogens with one attached hydrogen (secondary N) is 1. The van der Waals surface area contributed by atoms with Gasteiger partial charge in [0, 0.05) is 11.8 Å². The Hall–Kier alpha value is -2.83. The highest BCUT2D eigenvalue weighted by Crippen LogP contribution is 2.17. The summed E-state index contributed by atoms with van der Waals surface area (Å²) < 4.78 is 12.8. The van der Waals surface area contributed by atoms with Crippen molar-refractivity contribution in [1.29, 1.82) is 0 Å². The Labute approximate surface area is 113 Å². The van der Waals surface area contributed by atoms with Crippen LogP contribution in [-0.2, 0) is 0 Å². The second-order valence-corrected chi connectivity index (χ2v) is 4.04. The number of halogens is 1. The topological polar surface area (TPSA) is 85.1 Å². The van der Waals surface area contributed by atoms with Crippen molar-refractivity contribution >= 4 is 17.3 Å². The number of aromatic nitrogens is 1. The van der Waals surface area contributed by atoms with Gasteiger partial charge in [0.15, 0.2) is 0 Å². The van der Waals surface area contributed by atoms with Crippen molar-refractivity contribution in [2.45, 2.75) is 6.92 Å². The quantitative estimate of drug-likeness (QED) is 0.689. The average molecular weight is 275 g/mol. The molecular weight excluding hydrogens is 265 g/mol. The van der Waals surface area contributed by atoms with Gasteiger partial charge < -0.3 is 5.32 Å². The van der Waals surface area contributed by atoms with Crippen molar-refractivity contribution in [2.24, 2.45) is 0 Å². The molecule has 102 valence electrons. The van der Waals surface area contributed by atoms with Crippen LogP contribution in [0.25, 0.3) is 0 Å². The van der Waals surface area contributed by atoms with Crippen LogP contribution >= 0.6 is 0 Å². The van der Waals surface area contributed by atoms with Crippen molar-refractivity contribution < 1.29 is 14.1 Å². The molecule has 2 aromatic rings. The Morgan fingerprint density at radius 1 is 1.35 bits per heavy atom. The molecule has 0 aliphatic rings. The molecule has 1 heterocycles. The highest BCUT2D eigenvalue weighted by molar-refractivity contribution is 6.05. The summed E-state index contributed by atoms with van der Waals surface area (Å²) in [5.74, 6) is -0.957. The average Bonchev–Trinajstić information content (AvgIpc) is 2.41. The predicted molar refractivity (Wildman–Crippen MR) is 70.0 cm³/mol. The molecule has 0 bridgehead atoms. The standard InChI is InChI=1S/C13H10FN3O3/c1-8-12(6-11(7-15-8)17(19)20)13(18)16-10-4-2-9(14)3-5-10/h2-7H,1H3,(H,16,18). The van der Waals surface area contributed by atoms with E-state index in [1.54, 1.807) is 6.92 Å². The SMILES string of the molecule is Cc1ncc([N+](=O)[O-])cc1C(=O)Nc1ccc(F)cc1.